The summed E-state index contributed by atoms with van der Waals surface area (Å²) in [6, 6.07) is 13.1. The molecule has 0 unspecified atom stereocenters. The molecule has 2 aromatic rings. The highest BCUT2D eigenvalue weighted by Crippen LogP contribution is 2.27. The SMILES string of the molecule is C/C=C(\C=C/[NH2+]c1ccccc1C(C)(C)C)c1cc[n+](C2=C(C(C)C)CCC=C2)cc1. The fraction of sp³-hybridized carbons (Fsp3) is 0.345. The van der Waals surface area contributed by atoms with Gasteiger partial charge >= 0.3 is 0 Å². The van der Waals surface area contributed by atoms with E-state index in [-0.39, 0.29) is 5.41 Å². The Kier molecular flexibility index (Phi) is 7.46. The van der Waals surface area contributed by atoms with E-state index in [0.29, 0.717) is 5.92 Å². The van der Waals surface area contributed by atoms with Gasteiger partial charge in [-0.05, 0) is 54.4 Å². The van der Waals surface area contributed by atoms with Crippen LogP contribution in [0, 0.1) is 5.92 Å². The van der Waals surface area contributed by atoms with Crippen molar-refractivity contribution in [2.45, 2.75) is 59.8 Å². The summed E-state index contributed by atoms with van der Waals surface area (Å²) in [5.41, 5.74) is 8.13. The van der Waals surface area contributed by atoms with Gasteiger partial charge in [-0.2, -0.15) is 4.57 Å². The van der Waals surface area contributed by atoms with Crippen molar-refractivity contribution in [2.24, 2.45) is 5.92 Å². The first-order chi connectivity index (χ1) is 14.8. The lowest BCUT2D eigenvalue weighted by Crippen LogP contribution is -2.71. The predicted octanol–water partition coefficient (Wildman–Crippen LogP) is 6.30. The van der Waals surface area contributed by atoms with Gasteiger partial charge in [-0.1, -0.05) is 65.0 Å². The van der Waals surface area contributed by atoms with Crippen LogP contribution in [0.15, 0.2) is 84.9 Å². The van der Waals surface area contributed by atoms with E-state index in [0.717, 1.165) is 12.8 Å². The molecule has 0 radical (unpaired) electrons. The van der Waals surface area contributed by atoms with Crippen molar-refractivity contribution in [1.29, 1.82) is 0 Å². The Balaban J connectivity index is 1.78. The van der Waals surface area contributed by atoms with Gasteiger partial charge in [0.1, 0.15) is 5.69 Å². The second kappa shape index (κ2) is 10.1. The van der Waals surface area contributed by atoms with Crippen LogP contribution in [-0.2, 0) is 5.41 Å². The third kappa shape index (κ3) is 5.71. The Morgan fingerprint density at radius 3 is 2.42 bits per heavy atom. The highest BCUT2D eigenvalue weighted by atomic mass is 14.9. The van der Waals surface area contributed by atoms with E-state index < -0.39 is 0 Å². The second-order valence-electron chi connectivity index (χ2n) is 9.61. The van der Waals surface area contributed by atoms with Crippen LogP contribution in [-0.4, -0.2) is 0 Å². The first-order valence-corrected chi connectivity index (χ1v) is 11.5. The molecule has 0 bridgehead atoms. The Morgan fingerprint density at radius 1 is 1.06 bits per heavy atom. The minimum absolute atomic E-state index is 0.133. The maximum absolute atomic E-state index is 2.29. The van der Waals surface area contributed by atoms with Crippen molar-refractivity contribution in [1.82, 2.24) is 0 Å². The molecule has 1 aliphatic rings. The van der Waals surface area contributed by atoms with Crippen LogP contribution in [0.1, 0.15) is 65.5 Å². The molecule has 0 amide bonds. The standard InChI is InChI=1S/C29H37N2/c1-7-23(16-19-30-27-14-10-9-13-26(27)29(4,5)6)24-17-20-31(21-18-24)28-15-11-8-12-25(28)22(2)3/h7,9-11,13-22,30H,8,12H2,1-6H3/q+1/p+1/b19-16-,23-7+. The number of rotatable bonds is 6. The minimum Gasteiger partial charge on any atom is -0.287 e. The molecule has 2 nitrogen and oxygen atoms in total. The van der Waals surface area contributed by atoms with Crippen molar-refractivity contribution >= 4 is 17.0 Å². The zero-order valence-electron chi connectivity index (χ0n) is 20.0. The summed E-state index contributed by atoms with van der Waals surface area (Å²) in [5.74, 6) is 0.577. The predicted molar refractivity (Wildman–Crippen MR) is 133 cm³/mol. The van der Waals surface area contributed by atoms with Crippen LogP contribution in [0.3, 0.4) is 0 Å². The van der Waals surface area contributed by atoms with Crippen LogP contribution in [0.25, 0.3) is 11.3 Å². The zero-order valence-corrected chi connectivity index (χ0v) is 20.0. The third-order valence-electron chi connectivity index (χ3n) is 5.95. The number of para-hydroxylation sites is 1. The molecule has 31 heavy (non-hydrogen) atoms. The average Bonchev–Trinajstić information content (AvgIpc) is 2.76. The molecule has 0 aliphatic heterocycles. The molecule has 2 heteroatoms. The Bertz CT molecular complexity index is 1010. The van der Waals surface area contributed by atoms with Gasteiger partial charge < -0.3 is 0 Å². The molecule has 2 N–H and O–H groups in total. The van der Waals surface area contributed by atoms with Gasteiger partial charge in [0.15, 0.2) is 12.4 Å². The monoisotopic (exact) mass is 414 g/mol. The molecule has 1 aromatic carbocycles. The third-order valence-corrected chi connectivity index (χ3v) is 5.95. The van der Waals surface area contributed by atoms with E-state index in [9.17, 15) is 0 Å². The molecular formula is C29H38N2+2. The summed E-state index contributed by atoms with van der Waals surface area (Å²) in [7, 11) is 0. The molecule has 0 saturated heterocycles. The Labute approximate surface area is 188 Å². The second-order valence-corrected chi connectivity index (χ2v) is 9.61. The fourth-order valence-electron chi connectivity index (χ4n) is 4.22. The summed E-state index contributed by atoms with van der Waals surface area (Å²) >= 11 is 0. The lowest BCUT2D eigenvalue weighted by atomic mass is 9.86. The normalized spacial score (nSPS) is 15.4. The van der Waals surface area contributed by atoms with E-state index >= 15 is 0 Å². The van der Waals surface area contributed by atoms with Crippen molar-refractivity contribution in [2.75, 3.05) is 0 Å². The minimum atomic E-state index is 0.133. The van der Waals surface area contributed by atoms with Gasteiger partial charge in [0.2, 0.25) is 5.70 Å². The maximum atomic E-state index is 2.29. The molecule has 1 aromatic heterocycles. The first kappa shape index (κ1) is 23.0. The van der Waals surface area contributed by atoms with Gasteiger partial charge in [0, 0.05) is 29.3 Å². The zero-order chi connectivity index (χ0) is 22.4. The van der Waals surface area contributed by atoms with Crippen LogP contribution in [0.2, 0.25) is 0 Å². The highest BCUT2D eigenvalue weighted by molar-refractivity contribution is 5.73. The number of aromatic nitrogens is 1. The van der Waals surface area contributed by atoms with Crippen molar-refractivity contribution in [3.05, 3.63) is 96.0 Å². The molecule has 3 rings (SSSR count). The number of benzene rings is 1. The molecule has 0 fully saturated rings. The number of hydrogen-bond acceptors (Lipinski definition) is 0. The van der Waals surface area contributed by atoms with Crippen molar-refractivity contribution in [3.63, 3.8) is 0 Å². The fourth-order valence-corrected chi connectivity index (χ4v) is 4.22. The summed E-state index contributed by atoms with van der Waals surface area (Å²) in [6.45, 7) is 13.5. The van der Waals surface area contributed by atoms with Crippen molar-refractivity contribution in [3.8, 4) is 0 Å². The topological polar surface area (TPSA) is 20.5 Å². The molecule has 0 atom stereocenters. The van der Waals surface area contributed by atoms with E-state index in [1.807, 2.05) is 0 Å². The van der Waals surface area contributed by atoms with E-state index in [1.165, 1.54) is 28.1 Å². The van der Waals surface area contributed by atoms with Gasteiger partial charge in [-0.25, -0.2) is 0 Å². The van der Waals surface area contributed by atoms with Crippen LogP contribution < -0.4 is 9.88 Å². The molecular weight excluding hydrogens is 376 g/mol. The number of nitrogens with zero attached hydrogens (tertiary/aromatic N) is 1. The number of pyridine rings is 1. The van der Waals surface area contributed by atoms with Crippen LogP contribution in [0.5, 0.6) is 0 Å². The molecule has 0 spiro atoms. The maximum Gasteiger partial charge on any atom is 0.209 e. The van der Waals surface area contributed by atoms with Gasteiger partial charge in [0.25, 0.3) is 0 Å². The van der Waals surface area contributed by atoms with Gasteiger partial charge in [-0.3, -0.25) is 5.32 Å². The van der Waals surface area contributed by atoms with Crippen LogP contribution in [0.4, 0.5) is 5.69 Å². The summed E-state index contributed by atoms with van der Waals surface area (Å²) in [4.78, 5) is 0. The molecule has 0 saturated carbocycles. The quantitative estimate of drug-likeness (QED) is 0.325. The van der Waals surface area contributed by atoms with E-state index in [1.54, 1.807) is 5.57 Å². The number of hydrogen-bond donors (Lipinski definition) is 1. The smallest absolute Gasteiger partial charge is 0.209 e. The largest absolute Gasteiger partial charge is 0.287 e. The first-order valence-electron chi connectivity index (χ1n) is 11.5. The van der Waals surface area contributed by atoms with E-state index in [4.69, 9.17) is 0 Å². The average molecular weight is 415 g/mol. The number of allylic oxidation sites excluding steroid dienone is 7. The number of nitrogens with two attached hydrogens (primary N) is 1. The lowest BCUT2D eigenvalue weighted by Gasteiger charge is -2.20. The Hall–Kier alpha value is -2.71. The summed E-state index contributed by atoms with van der Waals surface area (Å²) in [5, 5.41) is 2.22. The van der Waals surface area contributed by atoms with Gasteiger partial charge in [0.05, 0.1) is 6.20 Å². The molecule has 1 aliphatic carbocycles. The summed E-state index contributed by atoms with van der Waals surface area (Å²) in [6.07, 6.45) is 17.8. The van der Waals surface area contributed by atoms with Gasteiger partial charge in [-0.15, -0.1) is 0 Å². The van der Waals surface area contributed by atoms with E-state index in [2.05, 4.69) is 131 Å². The van der Waals surface area contributed by atoms with Crippen molar-refractivity contribution < 1.29 is 9.88 Å². The number of quaternary nitrogens is 1. The molecule has 162 valence electrons. The highest BCUT2D eigenvalue weighted by Gasteiger charge is 2.20. The summed E-state index contributed by atoms with van der Waals surface area (Å²) < 4.78 is 2.26. The molecule has 1 heterocycles. The van der Waals surface area contributed by atoms with Crippen LogP contribution >= 0.6 is 0 Å². The lowest BCUT2D eigenvalue weighted by molar-refractivity contribution is -0.579. The Morgan fingerprint density at radius 2 is 1.77 bits per heavy atom.